The largest absolute Gasteiger partial charge is 0.398 e. The Balaban J connectivity index is 1.48. The zero-order valence-electron chi connectivity index (χ0n) is 12.8. The molecule has 0 radical (unpaired) electrons. The molecule has 114 valence electrons. The summed E-state index contributed by atoms with van der Waals surface area (Å²) in [7, 11) is 0. The maximum absolute atomic E-state index is 12.1. The van der Waals surface area contributed by atoms with Gasteiger partial charge >= 0.3 is 0 Å². The number of nitrogens with zero attached hydrogens (tertiary/aromatic N) is 1. The molecule has 2 fully saturated rings. The molecule has 2 atom stereocenters. The van der Waals surface area contributed by atoms with Crippen molar-refractivity contribution in [2.24, 2.45) is 11.8 Å². The van der Waals surface area contributed by atoms with E-state index in [9.17, 15) is 4.79 Å². The lowest BCUT2D eigenvalue weighted by Gasteiger charge is -2.16. The Morgan fingerprint density at radius 1 is 1.33 bits per heavy atom. The summed E-state index contributed by atoms with van der Waals surface area (Å²) in [5.74, 6) is 1.87. The van der Waals surface area contributed by atoms with Crippen LogP contribution >= 0.6 is 0 Å². The fraction of sp³-hybridized carbons (Fsp3) is 0.588. The minimum atomic E-state index is 0.0840. The first-order valence-electron chi connectivity index (χ1n) is 8.01. The van der Waals surface area contributed by atoms with E-state index in [0.29, 0.717) is 6.42 Å². The van der Waals surface area contributed by atoms with E-state index in [4.69, 9.17) is 5.73 Å². The minimum Gasteiger partial charge on any atom is -0.398 e. The van der Waals surface area contributed by atoms with Crippen molar-refractivity contribution in [2.45, 2.75) is 32.6 Å². The molecule has 1 aliphatic carbocycles. The van der Waals surface area contributed by atoms with Crippen LogP contribution in [0, 0.1) is 18.8 Å². The van der Waals surface area contributed by atoms with Gasteiger partial charge in [-0.3, -0.25) is 4.79 Å². The van der Waals surface area contributed by atoms with Crippen LogP contribution in [0.5, 0.6) is 0 Å². The second-order valence-corrected chi connectivity index (χ2v) is 6.53. The van der Waals surface area contributed by atoms with Crippen LogP contribution in [0.25, 0.3) is 0 Å². The Morgan fingerprint density at radius 2 is 2.05 bits per heavy atom. The molecule has 0 bridgehead atoms. The van der Waals surface area contributed by atoms with Crippen LogP contribution in [0.4, 0.5) is 11.4 Å². The number of nitrogens with one attached hydrogen (secondary N) is 1. The number of fused-ring (bicyclic) bond motifs is 1. The normalized spacial score (nSPS) is 25.0. The Kier molecular flexibility index (Phi) is 4.15. The third-order valence-electron chi connectivity index (χ3n) is 5.11. The van der Waals surface area contributed by atoms with Crippen LogP contribution < -0.4 is 11.1 Å². The van der Waals surface area contributed by atoms with E-state index >= 15 is 0 Å². The molecule has 1 aliphatic heterocycles. The van der Waals surface area contributed by atoms with Gasteiger partial charge in [0.15, 0.2) is 0 Å². The quantitative estimate of drug-likeness (QED) is 0.837. The molecule has 1 saturated carbocycles. The van der Waals surface area contributed by atoms with Crippen LogP contribution in [0.3, 0.4) is 0 Å². The predicted octanol–water partition coefficient (Wildman–Crippen LogP) is 2.64. The molecule has 4 nitrogen and oxygen atoms in total. The van der Waals surface area contributed by atoms with Gasteiger partial charge in [-0.2, -0.15) is 0 Å². The van der Waals surface area contributed by atoms with Crippen molar-refractivity contribution in [3.05, 3.63) is 23.8 Å². The van der Waals surface area contributed by atoms with Crippen molar-refractivity contribution >= 4 is 17.3 Å². The number of amides is 1. The van der Waals surface area contributed by atoms with Gasteiger partial charge in [0, 0.05) is 37.4 Å². The van der Waals surface area contributed by atoms with E-state index in [1.807, 2.05) is 25.1 Å². The van der Waals surface area contributed by atoms with Crippen LogP contribution in [0.1, 0.15) is 31.2 Å². The highest BCUT2D eigenvalue weighted by Gasteiger charge is 2.35. The van der Waals surface area contributed by atoms with E-state index in [-0.39, 0.29) is 5.91 Å². The number of likely N-dealkylation sites (tertiary alicyclic amines) is 1. The molecular formula is C17H25N3O. The number of nitrogen functional groups attached to an aromatic ring is 1. The Morgan fingerprint density at radius 3 is 2.76 bits per heavy atom. The second kappa shape index (κ2) is 6.06. The number of carbonyl (C=O) groups is 1. The fourth-order valence-electron chi connectivity index (χ4n) is 3.78. The summed E-state index contributed by atoms with van der Waals surface area (Å²) in [5, 5.41) is 2.98. The van der Waals surface area contributed by atoms with Gasteiger partial charge < -0.3 is 16.0 Å². The van der Waals surface area contributed by atoms with Crippen molar-refractivity contribution < 1.29 is 4.79 Å². The zero-order chi connectivity index (χ0) is 14.8. The molecule has 1 saturated heterocycles. The van der Waals surface area contributed by atoms with Gasteiger partial charge in [-0.05, 0) is 49.3 Å². The van der Waals surface area contributed by atoms with Gasteiger partial charge in [-0.1, -0.05) is 12.5 Å². The number of anilines is 2. The van der Waals surface area contributed by atoms with Crippen molar-refractivity contribution in [1.29, 1.82) is 0 Å². The third kappa shape index (κ3) is 3.21. The summed E-state index contributed by atoms with van der Waals surface area (Å²) < 4.78 is 0. The topological polar surface area (TPSA) is 58.4 Å². The molecule has 1 aromatic rings. The molecule has 2 aliphatic rings. The lowest BCUT2D eigenvalue weighted by atomic mass is 10.0. The molecule has 2 unspecified atom stereocenters. The number of carbonyl (C=O) groups excluding carboxylic acids is 1. The molecule has 0 spiro atoms. The summed E-state index contributed by atoms with van der Waals surface area (Å²) in [5.41, 5.74) is 8.36. The van der Waals surface area contributed by atoms with Gasteiger partial charge in [0.05, 0.1) is 0 Å². The smallest absolute Gasteiger partial charge is 0.225 e. The molecule has 3 rings (SSSR count). The molecule has 1 heterocycles. The first-order valence-corrected chi connectivity index (χ1v) is 8.01. The van der Waals surface area contributed by atoms with Crippen LogP contribution in [-0.4, -0.2) is 30.4 Å². The molecule has 1 amide bonds. The van der Waals surface area contributed by atoms with E-state index in [2.05, 4.69) is 10.2 Å². The highest BCUT2D eigenvalue weighted by molar-refractivity contribution is 5.92. The summed E-state index contributed by atoms with van der Waals surface area (Å²) in [6.45, 7) is 5.19. The Bertz CT molecular complexity index is 517. The van der Waals surface area contributed by atoms with Gasteiger partial charge in [-0.25, -0.2) is 0 Å². The van der Waals surface area contributed by atoms with E-state index in [1.54, 1.807) is 0 Å². The molecule has 0 aromatic heterocycles. The molecule has 4 heteroatoms. The molecule has 3 N–H and O–H groups in total. The third-order valence-corrected chi connectivity index (χ3v) is 5.11. The number of hydrogen-bond donors (Lipinski definition) is 2. The van der Waals surface area contributed by atoms with Gasteiger partial charge in [-0.15, -0.1) is 0 Å². The standard InChI is InChI=1S/C17H25N3O/c1-12-15(18)6-3-7-16(12)19-17(21)8-9-20-10-13-4-2-5-14(13)11-20/h3,6-7,13-14H,2,4-5,8-11,18H2,1H3,(H,19,21). The van der Waals surface area contributed by atoms with Gasteiger partial charge in [0.25, 0.3) is 0 Å². The highest BCUT2D eigenvalue weighted by Crippen LogP contribution is 2.37. The summed E-state index contributed by atoms with van der Waals surface area (Å²) in [6, 6.07) is 5.64. The number of benzene rings is 1. The van der Waals surface area contributed by atoms with Crippen molar-refractivity contribution in [2.75, 3.05) is 30.7 Å². The first-order chi connectivity index (χ1) is 10.1. The van der Waals surface area contributed by atoms with E-state index < -0.39 is 0 Å². The second-order valence-electron chi connectivity index (χ2n) is 6.53. The average Bonchev–Trinajstić information content (AvgIpc) is 3.02. The van der Waals surface area contributed by atoms with E-state index in [1.165, 1.54) is 32.4 Å². The summed E-state index contributed by atoms with van der Waals surface area (Å²) in [4.78, 5) is 14.6. The maximum Gasteiger partial charge on any atom is 0.225 e. The monoisotopic (exact) mass is 287 g/mol. The number of rotatable bonds is 4. The average molecular weight is 287 g/mol. The molecular weight excluding hydrogens is 262 g/mol. The Hall–Kier alpha value is -1.55. The Labute approximate surface area is 126 Å². The lowest BCUT2D eigenvalue weighted by Crippen LogP contribution is -2.26. The number of nitrogens with two attached hydrogens (primary N) is 1. The lowest BCUT2D eigenvalue weighted by molar-refractivity contribution is -0.116. The van der Waals surface area contributed by atoms with E-state index in [0.717, 1.165) is 35.3 Å². The van der Waals surface area contributed by atoms with Crippen molar-refractivity contribution in [1.82, 2.24) is 4.90 Å². The predicted molar refractivity (Wildman–Crippen MR) is 86.1 cm³/mol. The molecule has 1 aromatic carbocycles. The highest BCUT2D eigenvalue weighted by atomic mass is 16.1. The van der Waals surface area contributed by atoms with Crippen LogP contribution in [-0.2, 0) is 4.79 Å². The summed E-state index contributed by atoms with van der Waals surface area (Å²) >= 11 is 0. The van der Waals surface area contributed by atoms with Crippen molar-refractivity contribution in [3.8, 4) is 0 Å². The van der Waals surface area contributed by atoms with Crippen molar-refractivity contribution in [3.63, 3.8) is 0 Å². The van der Waals surface area contributed by atoms with Crippen LogP contribution in [0.15, 0.2) is 18.2 Å². The number of hydrogen-bond acceptors (Lipinski definition) is 3. The molecule has 21 heavy (non-hydrogen) atoms. The first kappa shape index (κ1) is 14.4. The SMILES string of the molecule is Cc1c(N)cccc1NC(=O)CCN1CC2CCCC2C1. The zero-order valence-corrected chi connectivity index (χ0v) is 12.8. The van der Waals surface area contributed by atoms with Crippen LogP contribution in [0.2, 0.25) is 0 Å². The fourth-order valence-corrected chi connectivity index (χ4v) is 3.78. The minimum absolute atomic E-state index is 0.0840. The summed E-state index contributed by atoms with van der Waals surface area (Å²) in [6.07, 6.45) is 4.73. The maximum atomic E-state index is 12.1. The van der Waals surface area contributed by atoms with Gasteiger partial charge in [0.1, 0.15) is 0 Å². The van der Waals surface area contributed by atoms with Gasteiger partial charge in [0.2, 0.25) is 5.91 Å².